The Balaban J connectivity index is 1.52. The molecule has 0 radical (unpaired) electrons. The smallest absolute Gasteiger partial charge is 0.262 e. The molecular formula is C20H17ClN2O3. The van der Waals surface area contributed by atoms with Crippen molar-refractivity contribution in [3.63, 3.8) is 0 Å². The summed E-state index contributed by atoms with van der Waals surface area (Å²) >= 11 is 5.98. The van der Waals surface area contributed by atoms with Gasteiger partial charge in [-0.1, -0.05) is 41.4 Å². The lowest BCUT2D eigenvalue weighted by atomic mass is 10.2. The number of rotatable bonds is 6. The van der Waals surface area contributed by atoms with Crippen LogP contribution in [0.3, 0.4) is 0 Å². The Morgan fingerprint density at radius 3 is 2.54 bits per heavy atom. The summed E-state index contributed by atoms with van der Waals surface area (Å²) in [4.78, 5) is 16.1. The van der Waals surface area contributed by atoms with E-state index in [-0.39, 0.29) is 12.5 Å². The summed E-state index contributed by atoms with van der Waals surface area (Å²) in [6.07, 6.45) is 1.52. The number of carbonyl (C=O) groups is 1. The van der Waals surface area contributed by atoms with Gasteiger partial charge in [0.1, 0.15) is 11.5 Å². The lowest BCUT2D eigenvalue weighted by molar-refractivity contribution is -0.118. The maximum atomic E-state index is 12.0. The molecule has 5 nitrogen and oxygen atoms in total. The quantitative estimate of drug-likeness (QED) is 0.675. The molecule has 0 aliphatic carbocycles. The van der Waals surface area contributed by atoms with E-state index in [0.717, 1.165) is 5.56 Å². The molecule has 0 saturated carbocycles. The van der Waals surface area contributed by atoms with Crippen molar-refractivity contribution in [2.75, 3.05) is 11.9 Å². The van der Waals surface area contributed by atoms with Crippen LogP contribution < -0.4 is 14.8 Å². The van der Waals surface area contributed by atoms with Crippen molar-refractivity contribution in [2.45, 2.75) is 6.92 Å². The van der Waals surface area contributed by atoms with Crippen LogP contribution in [0.2, 0.25) is 5.02 Å². The van der Waals surface area contributed by atoms with Crippen molar-refractivity contribution in [2.24, 2.45) is 0 Å². The molecular weight excluding hydrogens is 352 g/mol. The molecule has 0 saturated heterocycles. The first-order valence-corrected chi connectivity index (χ1v) is 8.36. The van der Waals surface area contributed by atoms with Crippen molar-refractivity contribution >= 4 is 23.2 Å². The van der Waals surface area contributed by atoms with E-state index in [0.29, 0.717) is 28.1 Å². The van der Waals surface area contributed by atoms with Gasteiger partial charge in [-0.3, -0.25) is 4.79 Å². The minimum Gasteiger partial charge on any atom is -0.482 e. The van der Waals surface area contributed by atoms with Gasteiger partial charge in [-0.15, -0.1) is 0 Å². The lowest BCUT2D eigenvalue weighted by Crippen LogP contribution is -2.20. The maximum absolute atomic E-state index is 12.0. The van der Waals surface area contributed by atoms with E-state index < -0.39 is 0 Å². The minimum absolute atomic E-state index is 0.147. The maximum Gasteiger partial charge on any atom is 0.262 e. The first kappa shape index (κ1) is 17.8. The van der Waals surface area contributed by atoms with Crippen molar-refractivity contribution in [3.05, 3.63) is 77.4 Å². The van der Waals surface area contributed by atoms with Crippen LogP contribution in [0, 0.1) is 6.92 Å². The van der Waals surface area contributed by atoms with Crippen LogP contribution in [0.4, 0.5) is 5.69 Å². The average molecular weight is 369 g/mol. The predicted molar refractivity (Wildman–Crippen MR) is 101 cm³/mol. The molecule has 2 aromatic carbocycles. The van der Waals surface area contributed by atoms with Crippen molar-refractivity contribution < 1.29 is 14.3 Å². The third kappa shape index (κ3) is 4.97. The van der Waals surface area contributed by atoms with Crippen molar-refractivity contribution in [3.8, 4) is 17.4 Å². The van der Waals surface area contributed by atoms with E-state index in [9.17, 15) is 4.79 Å². The normalized spacial score (nSPS) is 10.2. The molecule has 3 rings (SSSR count). The Morgan fingerprint density at radius 1 is 1.08 bits per heavy atom. The molecule has 0 unspecified atom stereocenters. The number of aryl methyl sites for hydroxylation is 1. The van der Waals surface area contributed by atoms with Gasteiger partial charge in [0.2, 0.25) is 5.88 Å². The van der Waals surface area contributed by atoms with Crippen LogP contribution >= 0.6 is 11.6 Å². The van der Waals surface area contributed by atoms with Gasteiger partial charge >= 0.3 is 0 Å². The fraction of sp³-hybridized carbons (Fsp3) is 0.100. The zero-order valence-corrected chi connectivity index (χ0v) is 14.9. The van der Waals surface area contributed by atoms with Gasteiger partial charge in [-0.25, -0.2) is 4.98 Å². The van der Waals surface area contributed by atoms with E-state index in [1.165, 1.54) is 6.20 Å². The Morgan fingerprint density at radius 2 is 1.85 bits per heavy atom. The SMILES string of the molecule is Cc1ccc(Oc2ccc(NC(=O)COc3ccccc3Cl)cn2)cc1. The number of nitrogens with zero attached hydrogens (tertiary/aromatic N) is 1. The van der Waals surface area contributed by atoms with Crippen molar-refractivity contribution in [1.82, 2.24) is 4.98 Å². The number of para-hydroxylation sites is 1. The number of anilines is 1. The van der Waals surface area contributed by atoms with Gasteiger partial charge in [0.15, 0.2) is 6.61 Å². The minimum atomic E-state index is -0.307. The summed E-state index contributed by atoms with van der Waals surface area (Å²) in [5, 5.41) is 3.16. The molecule has 0 aliphatic rings. The van der Waals surface area contributed by atoms with Gasteiger partial charge in [-0.05, 0) is 37.3 Å². The van der Waals surface area contributed by atoms with Gasteiger partial charge in [0, 0.05) is 6.07 Å². The molecule has 6 heteroatoms. The van der Waals surface area contributed by atoms with E-state index in [4.69, 9.17) is 21.1 Å². The molecule has 3 aromatic rings. The molecule has 132 valence electrons. The first-order valence-electron chi connectivity index (χ1n) is 7.98. The van der Waals surface area contributed by atoms with E-state index >= 15 is 0 Å². The number of hydrogen-bond donors (Lipinski definition) is 1. The molecule has 1 amide bonds. The second kappa shape index (κ2) is 8.36. The van der Waals surface area contributed by atoms with Crippen LogP contribution in [0.1, 0.15) is 5.56 Å². The largest absolute Gasteiger partial charge is 0.482 e. The zero-order chi connectivity index (χ0) is 18.4. The number of amides is 1. The molecule has 0 fully saturated rings. The fourth-order valence-electron chi connectivity index (χ4n) is 2.14. The lowest BCUT2D eigenvalue weighted by Gasteiger charge is -2.09. The summed E-state index contributed by atoms with van der Waals surface area (Å²) in [5.41, 5.74) is 1.70. The second-order valence-corrected chi connectivity index (χ2v) is 5.97. The van der Waals surface area contributed by atoms with E-state index in [2.05, 4.69) is 10.3 Å². The number of halogens is 1. The summed E-state index contributed by atoms with van der Waals surface area (Å²) < 4.78 is 11.0. The van der Waals surface area contributed by atoms with E-state index in [1.54, 1.807) is 36.4 Å². The predicted octanol–water partition coefficient (Wildman–Crippen LogP) is 4.85. The monoisotopic (exact) mass is 368 g/mol. The van der Waals surface area contributed by atoms with Crippen LogP contribution in [0.25, 0.3) is 0 Å². The first-order chi connectivity index (χ1) is 12.6. The highest BCUT2D eigenvalue weighted by Crippen LogP contribution is 2.23. The number of pyridine rings is 1. The van der Waals surface area contributed by atoms with Gasteiger partial charge in [0.25, 0.3) is 5.91 Å². The fourth-order valence-corrected chi connectivity index (χ4v) is 2.33. The summed E-state index contributed by atoms with van der Waals surface area (Å²) in [6, 6.07) is 18.1. The number of ether oxygens (including phenoxy) is 2. The Bertz CT molecular complexity index is 880. The molecule has 1 N–H and O–H groups in total. The second-order valence-electron chi connectivity index (χ2n) is 5.57. The molecule has 0 bridgehead atoms. The average Bonchev–Trinajstić information content (AvgIpc) is 2.64. The van der Waals surface area contributed by atoms with Crippen molar-refractivity contribution in [1.29, 1.82) is 0 Å². The highest BCUT2D eigenvalue weighted by Gasteiger charge is 2.07. The number of aromatic nitrogens is 1. The standard InChI is InChI=1S/C20H17ClN2O3/c1-14-6-9-16(10-7-14)26-20-11-8-15(12-22-20)23-19(24)13-25-18-5-3-2-4-17(18)21/h2-12H,13H2,1H3,(H,23,24). The Labute approximate surface area is 156 Å². The molecule has 1 aromatic heterocycles. The zero-order valence-electron chi connectivity index (χ0n) is 14.1. The molecule has 1 heterocycles. The Hall–Kier alpha value is -3.05. The molecule has 0 atom stereocenters. The number of nitrogens with one attached hydrogen (secondary N) is 1. The van der Waals surface area contributed by atoms with Crippen LogP contribution in [-0.2, 0) is 4.79 Å². The summed E-state index contributed by atoms with van der Waals surface area (Å²) in [7, 11) is 0. The third-order valence-corrected chi connectivity index (χ3v) is 3.77. The summed E-state index contributed by atoms with van der Waals surface area (Å²) in [5.74, 6) is 1.30. The highest BCUT2D eigenvalue weighted by atomic mass is 35.5. The number of carbonyl (C=O) groups excluding carboxylic acids is 1. The molecule has 0 spiro atoms. The van der Waals surface area contributed by atoms with E-state index in [1.807, 2.05) is 31.2 Å². The highest BCUT2D eigenvalue weighted by molar-refractivity contribution is 6.32. The Kier molecular flexibility index (Phi) is 5.71. The molecule has 0 aliphatic heterocycles. The number of hydrogen-bond acceptors (Lipinski definition) is 4. The van der Waals surface area contributed by atoms with Crippen LogP contribution in [0.5, 0.6) is 17.4 Å². The molecule has 26 heavy (non-hydrogen) atoms. The van der Waals surface area contributed by atoms with Gasteiger partial charge in [0.05, 0.1) is 16.9 Å². The van der Waals surface area contributed by atoms with Gasteiger partial charge < -0.3 is 14.8 Å². The van der Waals surface area contributed by atoms with Crippen LogP contribution in [0.15, 0.2) is 66.9 Å². The topological polar surface area (TPSA) is 60.5 Å². The number of benzene rings is 2. The summed E-state index contributed by atoms with van der Waals surface area (Å²) in [6.45, 7) is 1.86. The van der Waals surface area contributed by atoms with Crippen LogP contribution in [-0.4, -0.2) is 17.5 Å². The van der Waals surface area contributed by atoms with Gasteiger partial charge in [-0.2, -0.15) is 0 Å². The third-order valence-electron chi connectivity index (χ3n) is 3.46.